The molecule has 1 amide bonds. The van der Waals surface area contributed by atoms with Crippen LogP contribution in [0.1, 0.15) is 30.1 Å². The van der Waals surface area contributed by atoms with E-state index < -0.39 is 17.3 Å². The molecule has 1 unspecified atom stereocenters. The van der Waals surface area contributed by atoms with Gasteiger partial charge in [0.15, 0.2) is 5.82 Å². The van der Waals surface area contributed by atoms with Crippen molar-refractivity contribution in [2.24, 2.45) is 11.7 Å². The van der Waals surface area contributed by atoms with E-state index in [1.54, 1.807) is 0 Å². The number of nitrogens with two attached hydrogens (primary N) is 1. The molecule has 0 aromatic carbocycles. The van der Waals surface area contributed by atoms with Gasteiger partial charge in [-0.15, -0.1) is 0 Å². The summed E-state index contributed by atoms with van der Waals surface area (Å²) in [6.45, 7) is 2.26. The normalized spacial score (nSPS) is 18.5. The largest absolute Gasteiger partial charge is 0.345 e. The first-order valence-electron chi connectivity index (χ1n) is 5.69. The fourth-order valence-electron chi connectivity index (χ4n) is 1.93. The SMILES string of the molecule is CC(CN)(NC(=O)c1ccncc1F)C1CC1. The molecule has 0 bridgehead atoms. The van der Waals surface area contributed by atoms with E-state index in [9.17, 15) is 9.18 Å². The summed E-state index contributed by atoms with van der Waals surface area (Å²) in [5.41, 5.74) is 5.27. The van der Waals surface area contributed by atoms with Gasteiger partial charge in [-0.2, -0.15) is 0 Å². The van der Waals surface area contributed by atoms with Gasteiger partial charge in [-0.05, 0) is 31.7 Å². The molecule has 1 atom stereocenters. The summed E-state index contributed by atoms with van der Waals surface area (Å²) in [5, 5.41) is 2.83. The van der Waals surface area contributed by atoms with Gasteiger partial charge in [0.1, 0.15) is 0 Å². The number of hydrogen-bond donors (Lipinski definition) is 2. The highest BCUT2D eigenvalue weighted by Crippen LogP contribution is 2.39. The van der Waals surface area contributed by atoms with E-state index in [0.29, 0.717) is 12.5 Å². The van der Waals surface area contributed by atoms with E-state index in [1.165, 1.54) is 12.3 Å². The van der Waals surface area contributed by atoms with Crippen molar-refractivity contribution in [3.63, 3.8) is 0 Å². The minimum absolute atomic E-state index is 0.0142. The van der Waals surface area contributed by atoms with Crippen LogP contribution in [0.25, 0.3) is 0 Å². The van der Waals surface area contributed by atoms with Gasteiger partial charge in [-0.3, -0.25) is 9.78 Å². The minimum atomic E-state index is -0.611. The van der Waals surface area contributed by atoms with Crippen molar-refractivity contribution < 1.29 is 9.18 Å². The molecule has 1 heterocycles. The lowest BCUT2D eigenvalue weighted by Crippen LogP contribution is -2.53. The van der Waals surface area contributed by atoms with Gasteiger partial charge < -0.3 is 11.1 Å². The Morgan fingerprint density at radius 2 is 2.41 bits per heavy atom. The molecular weight excluding hydrogens is 221 g/mol. The molecule has 92 valence electrons. The van der Waals surface area contributed by atoms with E-state index in [0.717, 1.165) is 19.0 Å². The molecule has 0 spiro atoms. The predicted molar refractivity (Wildman–Crippen MR) is 61.8 cm³/mol. The molecule has 2 rings (SSSR count). The maximum absolute atomic E-state index is 13.4. The second kappa shape index (κ2) is 4.41. The Balaban J connectivity index is 2.13. The average Bonchev–Trinajstić information content (AvgIpc) is 3.13. The Kier molecular flexibility index (Phi) is 3.11. The topological polar surface area (TPSA) is 68.0 Å². The molecule has 1 fully saturated rings. The Bertz CT molecular complexity index is 434. The zero-order valence-corrected chi connectivity index (χ0v) is 9.74. The third-order valence-corrected chi connectivity index (χ3v) is 3.32. The number of carbonyl (C=O) groups is 1. The van der Waals surface area contributed by atoms with Gasteiger partial charge in [0.05, 0.1) is 17.3 Å². The quantitative estimate of drug-likeness (QED) is 0.823. The van der Waals surface area contributed by atoms with Gasteiger partial charge >= 0.3 is 0 Å². The number of carbonyl (C=O) groups excluding carboxylic acids is 1. The van der Waals surface area contributed by atoms with Crippen molar-refractivity contribution in [2.45, 2.75) is 25.3 Å². The summed E-state index contributed by atoms with van der Waals surface area (Å²) in [5.74, 6) is -0.633. The average molecular weight is 237 g/mol. The smallest absolute Gasteiger partial charge is 0.254 e. The number of nitrogens with zero attached hydrogens (tertiary/aromatic N) is 1. The molecule has 1 saturated carbocycles. The molecular formula is C12H16FN3O. The molecule has 1 aromatic heterocycles. The van der Waals surface area contributed by atoms with Crippen molar-refractivity contribution in [3.8, 4) is 0 Å². The van der Waals surface area contributed by atoms with E-state index in [-0.39, 0.29) is 5.56 Å². The lowest BCUT2D eigenvalue weighted by atomic mass is 9.95. The molecule has 0 radical (unpaired) electrons. The van der Waals surface area contributed by atoms with E-state index in [1.807, 2.05) is 6.92 Å². The number of aromatic nitrogens is 1. The monoisotopic (exact) mass is 237 g/mol. The summed E-state index contributed by atoms with van der Waals surface area (Å²) in [4.78, 5) is 15.5. The van der Waals surface area contributed by atoms with Crippen LogP contribution in [0.3, 0.4) is 0 Å². The molecule has 1 aliphatic carbocycles. The lowest BCUT2D eigenvalue weighted by molar-refractivity contribution is 0.0893. The summed E-state index contributed by atoms with van der Waals surface area (Å²) in [6.07, 6.45) is 4.56. The molecule has 1 aliphatic rings. The van der Waals surface area contributed by atoms with Crippen molar-refractivity contribution in [2.75, 3.05) is 6.54 Å². The molecule has 17 heavy (non-hydrogen) atoms. The molecule has 0 saturated heterocycles. The highest BCUT2D eigenvalue weighted by molar-refractivity contribution is 5.94. The Labute approximate surface area is 99.4 Å². The van der Waals surface area contributed by atoms with Crippen LogP contribution < -0.4 is 11.1 Å². The summed E-state index contributed by atoms with van der Waals surface area (Å²) < 4.78 is 13.4. The third-order valence-electron chi connectivity index (χ3n) is 3.32. The van der Waals surface area contributed by atoms with Crippen LogP contribution in [0.2, 0.25) is 0 Å². The second-order valence-corrected chi connectivity index (χ2v) is 4.71. The molecule has 3 N–H and O–H groups in total. The maximum atomic E-state index is 13.4. The van der Waals surface area contributed by atoms with Crippen LogP contribution in [-0.2, 0) is 0 Å². The van der Waals surface area contributed by atoms with E-state index in [2.05, 4.69) is 10.3 Å². The van der Waals surface area contributed by atoms with Crippen LogP contribution in [0.15, 0.2) is 18.5 Å². The number of hydrogen-bond acceptors (Lipinski definition) is 3. The molecule has 5 heteroatoms. The minimum Gasteiger partial charge on any atom is -0.345 e. The van der Waals surface area contributed by atoms with Gasteiger partial charge in [-0.25, -0.2) is 4.39 Å². The van der Waals surface area contributed by atoms with Crippen molar-refractivity contribution in [1.82, 2.24) is 10.3 Å². The summed E-state index contributed by atoms with van der Waals surface area (Å²) in [6, 6.07) is 1.37. The molecule has 4 nitrogen and oxygen atoms in total. The predicted octanol–water partition coefficient (Wildman–Crippen LogP) is 1.08. The van der Waals surface area contributed by atoms with Crippen LogP contribution in [-0.4, -0.2) is 23.0 Å². The van der Waals surface area contributed by atoms with Crippen LogP contribution in [0, 0.1) is 11.7 Å². The molecule has 1 aromatic rings. The Morgan fingerprint density at radius 1 is 1.71 bits per heavy atom. The van der Waals surface area contributed by atoms with Crippen LogP contribution in [0.4, 0.5) is 4.39 Å². The number of pyridine rings is 1. The first-order valence-corrected chi connectivity index (χ1v) is 5.69. The fourth-order valence-corrected chi connectivity index (χ4v) is 1.93. The first kappa shape index (κ1) is 12.0. The standard InChI is InChI=1S/C12H16FN3O/c1-12(7-14,8-2-3-8)16-11(17)9-4-5-15-6-10(9)13/h4-6,8H,2-3,7,14H2,1H3,(H,16,17). The van der Waals surface area contributed by atoms with Crippen LogP contribution in [0.5, 0.6) is 0 Å². The van der Waals surface area contributed by atoms with Gasteiger partial charge in [0.2, 0.25) is 0 Å². The van der Waals surface area contributed by atoms with Gasteiger partial charge in [-0.1, -0.05) is 0 Å². The number of nitrogens with one attached hydrogen (secondary N) is 1. The number of amides is 1. The Morgan fingerprint density at radius 3 is 2.94 bits per heavy atom. The number of rotatable bonds is 4. The zero-order chi connectivity index (χ0) is 12.5. The summed E-state index contributed by atoms with van der Waals surface area (Å²) >= 11 is 0. The van der Waals surface area contributed by atoms with Crippen LogP contribution >= 0.6 is 0 Å². The van der Waals surface area contributed by atoms with Crippen molar-refractivity contribution in [1.29, 1.82) is 0 Å². The lowest BCUT2D eigenvalue weighted by Gasteiger charge is -2.29. The Hall–Kier alpha value is -1.49. The highest BCUT2D eigenvalue weighted by atomic mass is 19.1. The molecule has 0 aliphatic heterocycles. The zero-order valence-electron chi connectivity index (χ0n) is 9.74. The maximum Gasteiger partial charge on any atom is 0.254 e. The van der Waals surface area contributed by atoms with Gasteiger partial charge in [0, 0.05) is 12.7 Å². The van der Waals surface area contributed by atoms with Crippen molar-refractivity contribution in [3.05, 3.63) is 29.8 Å². The van der Waals surface area contributed by atoms with E-state index in [4.69, 9.17) is 5.73 Å². The second-order valence-electron chi connectivity index (χ2n) is 4.71. The third kappa shape index (κ3) is 2.44. The fraction of sp³-hybridized carbons (Fsp3) is 0.500. The highest BCUT2D eigenvalue weighted by Gasteiger charge is 2.41. The first-order chi connectivity index (χ1) is 8.07. The number of halogens is 1. The van der Waals surface area contributed by atoms with Gasteiger partial charge in [0.25, 0.3) is 5.91 Å². The van der Waals surface area contributed by atoms with E-state index >= 15 is 0 Å². The summed E-state index contributed by atoms with van der Waals surface area (Å²) in [7, 11) is 0. The van der Waals surface area contributed by atoms with Crippen molar-refractivity contribution >= 4 is 5.91 Å².